The standard InChI is InChI=1S/C15H15F2NO3/c16-12-4-1-5-13(17)11(12)6-7-14(19)18-8-2-3-10(9-18)15(20)21/h1,4-7,10H,2-3,8-9H2,(H,20,21). The Kier molecular flexibility index (Phi) is 4.67. The molecule has 2 rings (SSSR count). The largest absolute Gasteiger partial charge is 0.481 e. The summed E-state index contributed by atoms with van der Waals surface area (Å²) in [7, 11) is 0. The Labute approximate surface area is 120 Å². The van der Waals surface area contributed by atoms with Crippen molar-refractivity contribution in [2.24, 2.45) is 5.92 Å². The van der Waals surface area contributed by atoms with Crippen LogP contribution in [0.4, 0.5) is 8.78 Å². The smallest absolute Gasteiger partial charge is 0.308 e. The number of carbonyl (C=O) groups excluding carboxylic acids is 1. The lowest BCUT2D eigenvalue weighted by molar-refractivity contribution is -0.144. The van der Waals surface area contributed by atoms with Crippen LogP contribution in [0, 0.1) is 17.6 Å². The van der Waals surface area contributed by atoms with Crippen molar-refractivity contribution in [1.29, 1.82) is 0 Å². The topological polar surface area (TPSA) is 57.6 Å². The predicted octanol–water partition coefficient (Wildman–Crippen LogP) is 2.30. The number of amides is 1. The fraction of sp³-hybridized carbons (Fsp3) is 0.333. The first-order valence-electron chi connectivity index (χ1n) is 6.63. The Bertz CT molecular complexity index is 566. The Balaban J connectivity index is 2.07. The summed E-state index contributed by atoms with van der Waals surface area (Å²) >= 11 is 0. The van der Waals surface area contributed by atoms with Gasteiger partial charge in [0.15, 0.2) is 0 Å². The quantitative estimate of drug-likeness (QED) is 0.871. The second-order valence-corrected chi connectivity index (χ2v) is 4.93. The molecule has 0 saturated carbocycles. The van der Waals surface area contributed by atoms with Gasteiger partial charge in [-0.2, -0.15) is 0 Å². The van der Waals surface area contributed by atoms with Crippen molar-refractivity contribution in [2.45, 2.75) is 12.8 Å². The predicted molar refractivity (Wildman–Crippen MR) is 72.3 cm³/mol. The van der Waals surface area contributed by atoms with Gasteiger partial charge in [0.2, 0.25) is 5.91 Å². The number of hydrogen-bond donors (Lipinski definition) is 1. The van der Waals surface area contributed by atoms with Crippen molar-refractivity contribution in [3.05, 3.63) is 41.5 Å². The van der Waals surface area contributed by atoms with Gasteiger partial charge in [-0.25, -0.2) is 8.78 Å². The van der Waals surface area contributed by atoms with Crippen molar-refractivity contribution in [3.63, 3.8) is 0 Å². The van der Waals surface area contributed by atoms with Crippen molar-refractivity contribution in [2.75, 3.05) is 13.1 Å². The number of piperidine rings is 1. The molecule has 1 aromatic carbocycles. The number of carboxylic acids is 1. The molecule has 1 saturated heterocycles. The Morgan fingerprint density at radius 2 is 1.95 bits per heavy atom. The highest BCUT2D eigenvalue weighted by Gasteiger charge is 2.27. The molecule has 0 aliphatic carbocycles. The van der Waals surface area contributed by atoms with E-state index >= 15 is 0 Å². The molecule has 21 heavy (non-hydrogen) atoms. The lowest BCUT2D eigenvalue weighted by Crippen LogP contribution is -2.41. The van der Waals surface area contributed by atoms with E-state index in [4.69, 9.17) is 5.11 Å². The Morgan fingerprint density at radius 1 is 1.29 bits per heavy atom. The number of carboxylic acid groups (broad SMARTS) is 1. The molecule has 1 unspecified atom stereocenters. The van der Waals surface area contributed by atoms with Gasteiger partial charge in [-0.15, -0.1) is 0 Å². The third-order valence-electron chi connectivity index (χ3n) is 3.47. The van der Waals surface area contributed by atoms with Crippen LogP contribution >= 0.6 is 0 Å². The zero-order valence-electron chi connectivity index (χ0n) is 11.3. The van der Waals surface area contributed by atoms with Gasteiger partial charge in [-0.05, 0) is 31.1 Å². The molecule has 6 heteroatoms. The lowest BCUT2D eigenvalue weighted by atomic mass is 9.98. The average Bonchev–Trinajstić information content (AvgIpc) is 2.46. The average molecular weight is 295 g/mol. The molecular formula is C15H15F2NO3. The number of carbonyl (C=O) groups is 2. The molecule has 1 aromatic rings. The van der Waals surface area contributed by atoms with E-state index in [-0.39, 0.29) is 12.1 Å². The fourth-order valence-corrected chi connectivity index (χ4v) is 2.31. The number of likely N-dealkylation sites (tertiary alicyclic amines) is 1. The van der Waals surface area contributed by atoms with E-state index in [2.05, 4.69) is 0 Å². The highest BCUT2D eigenvalue weighted by atomic mass is 19.1. The molecule has 1 N–H and O–H groups in total. The lowest BCUT2D eigenvalue weighted by Gasteiger charge is -2.29. The van der Waals surface area contributed by atoms with Crippen LogP contribution in [0.3, 0.4) is 0 Å². The Hall–Kier alpha value is -2.24. The van der Waals surface area contributed by atoms with Gasteiger partial charge in [0.1, 0.15) is 11.6 Å². The van der Waals surface area contributed by atoms with Crippen LogP contribution in [-0.2, 0) is 9.59 Å². The monoisotopic (exact) mass is 295 g/mol. The highest BCUT2D eigenvalue weighted by Crippen LogP contribution is 2.18. The molecular weight excluding hydrogens is 280 g/mol. The van der Waals surface area contributed by atoms with Crippen LogP contribution in [-0.4, -0.2) is 35.0 Å². The molecule has 1 aliphatic heterocycles. The molecule has 0 radical (unpaired) electrons. The maximum Gasteiger partial charge on any atom is 0.308 e. The minimum Gasteiger partial charge on any atom is -0.481 e. The molecule has 0 aromatic heterocycles. The summed E-state index contributed by atoms with van der Waals surface area (Å²) < 4.78 is 26.8. The molecule has 0 bridgehead atoms. The summed E-state index contributed by atoms with van der Waals surface area (Å²) in [6.07, 6.45) is 3.29. The van der Waals surface area contributed by atoms with Gasteiger partial charge in [-0.1, -0.05) is 6.07 Å². The normalized spacial score (nSPS) is 19.0. The van der Waals surface area contributed by atoms with Gasteiger partial charge < -0.3 is 10.0 Å². The van der Waals surface area contributed by atoms with Crippen LogP contribution in [0.15, 0.2) is 24.3 Å². The van der Waals surface area contributed by atoms with E-state index in [0.29, 0.717) is 19.4 Å². The summed E-state index contributed by atoms with van der Waals surface area (Å²) in [4.78, 5) is 24.3. The van der Waals surface area contributed by atoms with Crippen molar-refractivity contribution < 1.29 is 23.5 Å². The zero-order chi connectivity index (χ0) is 15.4. The fourth-order valence-electron chi connectivity index (χ4n) is 2.31. The maximum absolute atomic E-state index is 13.4. The third-order valence-corrected chi connectivity index (χ3v) is 3.47. The van der Waals surface area contributed by atoms with Crippen molar-refractivity contribution >= 4 is 18.0 Å². The molecule has 4 nitrogen and oxygen atoms in total. The van der Waals surface area contributed by atoms with Crippen LogP contribution < -0.4 is 0 Å². The molecule has 0 spiro atoms. The van der Waals surface area contributed by atoms with Gasteiger partial charge in [0.05, 0.1) is 5.92 Å². The molecule has 1 fully saturated rings. The van der Waals surface area contributed by atoms with Crippen LogP contribution in [0.25, 0.3) is 6.08 Å². The number of rotatable bonds is 3. The minimum atomic E-state index is -0.934. The summed E-state index contributed by atoms with van der Waals surface area (Å²) in [5, 5.41) is 8.96. The number of hydrogen-bond acceptors (Lipinski definition) is 2. The first-order chi connectivity index (χ1) is 9.99. The first kappa shape index (κ1) is 15.2. The van der Waals surface area contributed by atoms with E-state index in [0.717, 1.165) is 24.3 Å². The van der Waals surface area contributed by atoms with E-state index in [1.807, 2.05) is 0 Å². The summed E-state index contributed by atoms with van der Waals surface area (Å²) in [6.45, 7) is 0.574. The third kappa shape index (κ3) is 3.65. The zero-order valence-corrected chi connectivity index (χ0v) is 11.3. The molecule has 1 amide bonds. The summed E-state index contributed by atoms with van der Waals surface area (Å²) in [5.74, 6) is -3.45. The van der Waals surface area contributed by atoms with Gasteiger partial charge >= 0.3 is 5.97 Å². The van der Waals surface area contributed by atoms with E-state index in [9.17, 15) is 18.4 Å². The molecule has 1 heterocycles. The van der Waals surface area contributed by atoms with Gasteiger partial charge in [0, 0.05) is 24.7 Å². The number of benzene rings is 1. The van der Waals surface area contributed by atoms with Crippen molar-refractivity contribution in [3.8, 4) is 0 Å². The second kappa shape index (κ2) is 6.47. The number of halogens is 2. The summed E-state index contributed by atoms with van der Waals surface area (Å²) in [6, 6.07) is 3.45. The second-order valence-electron chi connectivity index (χ2n) is 4.93. The van der Waals surface area contributed by atoms with Gasteiger partial charge in [0.25, 0.3) is 0 Å². The summed E-state index contributed by atoms with van der Waals surface area (Å²) in [5.41, 5.74) is -0.280. The van der Waals surface area contributed by atoms with Crippen LogP contribution in [0.2, 0.25) is 0 Å². The molecule has 1 aliphatic rings. The van der Waals surface area contributed by atoms with E-state index < -0.39 is 29.4 Å². The minimum absolute atomic E-state index is 0.123. The number of aliphatic carboxylic acids is 1. The SMILES string of the molecule is O=C(O)C1CCCN(C(=O)C=Cc2c(F)cccc2F)C1. The van der Waals surface area contributed by atoms with E-state index in [1.54, 1.807) is 0 Å². The molecule has 1 atom stereocenters. The first-order valence-corrected chi connectivity index (χ1v) is 6.63. The number of nitrogens with zero attached hydrogens (tertiary/aromatic N) is 1. The van der Waals surface area contributed by atoms with Crippen molar-refractivity contribution in [1.82, 2.24) is 4.90 Å². The van der Waals surface area contributed by atoms with Crippen LogP contribution in [0.1, 0.15) is 18.4 Å². The van der Waals surface area contributed by atoms with Crippen LogP contribution in [0.5, 0.6) is 0 Å². The van der Waals surface area contributed by atoms with E-state index in [1.165, 1.54) is 11.0 Å². The van der Waals surface area contributed by atoms with Gasteiger partial charge in [-0.3, -0.25) is 9.59 Å². The highest BCUT2D eigenvalue weighted by molar-refractivity contribution is 5.92. The Morgan fingerprint density at radius 3 is 2.57 bits per heavy atom. The maximum atomic E-state index is 13.4. The molecule has 112 valence electrons.